The SMILES string of the molecule is CCOC(=O)c1cncc(-c2cnc(Nc3ccc(F)c(Cl)c3)nc2NCCOC(C)C)c1. The van der Waals surface area contributed by atoms with Crippen molar-refractivity contribution in [3.05, 3.63) is 59.3 Å². The molecule has 0 fully saturated rings. The van der Waals surface area contributed by atoms with Crippen LogP contribution in [0, 0.1) is 5.82 Å². The Hall–Kier alpha value is -3.30. The molecule has 0 radical (unpaired) electrons. The van der Waals surface area contributed by atoms with Crippen molar-refractivity contribution < 1.29 is 18.7 Å². The number of benzene rings is 1. The molecule has 1 aromatic carbocycles. The van der Waals surface area contributed by atoms with Gasteiger partial charge in [-0.3, -0.25) is 4.98 Å². The van der Waals surface area contributed by atoms with E-state index < -0.39 is 11.8 Å². The molecule has 0 saturated heterocycles. The number of halogens is 2. The van der Waals surface area contributed by atoms with Crippen molar-refractivity contribution in [3.63, 3.8) is 0 Å². The minimum absolute atomic E-state index is 0.0114. The lowest BCUT2D eigenvalue weighted by molar-refractivity contribution is 0.0526. The van der Waals surface area contributed by atoms with Gasteiger partial charge in [-0.15, -0.1) is 0 Å². The van der Waals surface area contributed by atoms with E-state index in [1.54, 1.807) is 25.4 Å². The number of ether oxygens (including phenoxy) is 2. The molecule has 2 N–H and O–H groups in total. The molecule has 0 amide bonds. The second-order valence-corrected chi connectivity index (χ2v) is 7.65. The molecule has 10 heteroatoms. The highest BCUT2D eigenvalue weighted by Crippen LogP contribution is 2.28. The molecule has 2 heterocycles. The average molecular weight is 474 g/mol. The van der Waals surface area contributed by atoms with Gasteiger partial charge in [0.25, 0.3) is 0 Å². The summed E-state index contributed by atoms with van der Waals surface area (Å²) < 4.78 is 24.1. The zero-order valence-electron chi connectivity index (χ0n) is 18.6. The van der Waals surface area contributed by atoms with Crippen LogP contribution >= 0.6 is 11.6 Å². The van der Waals surface area contributed by atoms with Gasteiger partial charge in [0.05, 0.1) is 29.9 Å². The third-order valence-corrected chi connectivity index (χ3v) is 4.66. The molecule has 3 rings (SSSR count). The molecular formula is C23H25ClFN5O3. The van der Waals surface area contributed by atoms with Crippen molar-refractivity contribution in [3.8, 4) is 11.1 Å². The van der Waals surface area contributed by atoms with Crippen LogP contribution in [0.5, 0.6) is 0 Å². The number of hydrogen-bond donors (Lipinski definition) is 2. The van der Waals surface area contributed by atoms with E-state index in [2.05, 4.69) is 25.6 Å². The summed E-state index contributed by atoms with van der Waals surface area (Å²) >= 11 is 5.86. The molecule has 8 nitrogen and oxygen atoms in total. The predicted molar refractivity (Wildman–Crippen MR) is 125 cm³/mol. The van der Waals surface area contributed by atoms with Gasteiger partial charge >= 0.3 is 5.97 Å². The fourth-order valence-electron chi connectivity index (χ4n) is 2.87. The van der Waals surface area contributed by atoms with Gasteiger partial charge in [0.15, 0.2) is 0 Å². The molecule has 0 atom stereocenters. The maximum Gasteiger partial charge on any atom is 0.339 e. The Morgan fingerprint density at radius 3 is 2.76 bits per heavy atom. The summed E-state index contributed by atoms with van der Waals surface area (Å²) in [5.41, 5.74) is 2.14. The van der Waals surface area contributed by atoms with Crippen LogP contribution in [-0.4, -0.2) is 46.8 Å². The zero-order chi connectivity index (χ0) is 23.8. The number of anilines is 3. The first kappa shape index (κ1) is 24.3. The van der Waals surface area contributed by atoms with Crippen molar-refractivity contribution >= 4 is 35.0 Å². The Kier molecular flexibility index (Phi) is 8.51. The highest BCUT2D eigenvalue weighted by atomic mass is 35.5. The number of aromatic nitrogens is 3. The summed E-state index contributed by atoms with van der Waals surface area (Å²) in [6.07, 6.45) is 4.77. The fourth-order valence-corrected chi connectivity index (χ4v) is 3.05. The average Bonchev–Trinajstić information content (AvgIpc) is 2.79. The van der Waals surface area contributed by atoms with Crippen LogP contribution in [0.4, 0.5) is 21.8 Å². The van der Waals surface area contributed by atoms with Crippen molar-refractivity contribution in [1.29, 1.82) is 0 Å². The van der Waals surface area contributed by atoms with Gasteiger partial charge in [0.2, 0.25) is 5.95 Å². The number of pyridine rings is 1. The van der Waals surface area contributed by atoms with Crippen LogP contribution < -0.4 is 10.6 Å². The summed E-state index contributed by atoms with van der Waals surface area (Å²) in [6, 6.07) is 5.92. The summed E-state index contributed by atoms with van der Waals surface area (Å²) in [6.45, 7) is 6.89. The van der Waals surface area contributed by atoms with Gasteiger partial charge in [-0.1, -0.05) is 11.6 Å². The van der Waals surface area contributed by atoms with Gasteiger partial charge in [-0.25, -0.2) is 14.2 Å². The van der Waals surface area contributed by atoms with Crippen LogP contribution in [0.3, 0.4) is 0 Å². The van der Waals surface area contributed by atoms with Crippen molar-refractivity contribution in [2.24, 2.45) is 0 Å². The molecular weight excluding hydrogens is 449 g/mol. The molecule has 0 aliphatic carbocycles. The predicted octanol–water partition coefficient (Wildman–Crippen LogP) is 5.09. The molecule has 174 valence electrons. The first-order valence-electron chi connectivity index (χ1n) is 10.4. The van der Waals surface area contributed by atoms with Crippen molar-refractivity contribution in [2.75, 3.05) is 30.4 Å². The van der Waals surface area contributed by atoms with E-state index in [0.717, 1.165) is 0 Å². The van der Waals surface area contributed by atoms with Gasteiger partial charge < -0.3 is 20.1 Å². The third kappa shape index (κ3) is 6.84. The van der Waals surface area contributed by atoms with Crippen molar-refractivity contribution in [2.45, 2.75) is 26.9 Å². The minimum Gasteiger partial charge on any atom is -0.462 e. The van der Waals surface area contributed by atoms with E-state index in [1.807, 2.05) is 13.8 Å². The second-order valence-electron chi connectivity index (χ2n) is 7.24. The maximum absolute atomic E-state index is 13.5. The van der Waals surface area contributed by atoms with E-state index in [1.165, 1.54) is 24.4 Å². The Labute approximate surface area is 196 Å². The minimum atomic E-state index is -0.514. The summed E-state index contributed by atoms with van der Waals surface area (Å²) in [7, 11) is 0. The topological polar surface area (TPSA) is 98.3 Å². The summed E-state index contributed by atoms with van der Waals surface area (Å²) in [4.78, 5) is 25.2. The largest absolute Gasteiger partial charge is 0.462 e. The van der Waals surface area contributed by atoms with E-state index in [-0.39, 0.29) is 23.7 Å². The third-order valence-electron chi connectivity index (χ3n) is 4.37. The zero-order valence-corrected chi connectivity index (χ0v) is 19.3. The first-order valence-corrected chi connectivity index (χ1v) is 10.8. The molecule has 0 spiro atoms. The smallest absolute Gasteiger partial charge is 0.339 e. The number of rotatable bonds is 10. The number of nitrogens with one attached hydrogen (secondary N) is 2. The highest BCUT2D eigenvalue weighted by molar-refractivity contribution is 6.31. The molecule has 0 bridgehead atoms. The highest BCUT2D eigenvalue weighted by Gasteiger charge is 2.14. The molecule has 33 heavy (non-hydrogen) atoms. The standard InChI is InChI=1S/C23H25ClFN5O3/c1-4-32-22(31)16-9-15(11-26-12-16)18-13-28-23(29-17-5-6-20(25)19(24)10-17)30-21(18)27-7-8-33-14(2)3/h5-6,9-14H,4,7-8H2,1-3H3,(H2,27,28,29,30). The number of carbonyl (C=O) groups is 1. The monoisotopic (exact) mass is 473 g/mol. The number of esters is 1. The lowest BCUT2D eigenvalue weighted by Gasteiger charge is -2.14. The lowest BCUT2D eigenvalue weighted by atomic mass is 10.1. The van der Waals surface area contributed by atoms with Crippen LogP contribution in [0.15, 0.2) is 42.9 Å². The Morgan fingerprint density at radius 2 is 2.03 bits per heavy atom. The Bertz CT molecular complexity index is 1110. The van der Waals surface area contributed by atoms with E-state index >= 15 is 0 Å². The maximum atomic E-state index is 13.5. The van der Waals surface area contributed by atoms with Crippen LogP contribution in [0.25, 0.3) is 11.1 Å². The number of carbonyl (C=O) groups excluding carboxylic acids is 1. The van der Waals surface area contributed by atoms with Gasteiger partial charge in [0.1, 0.15) is 11.6 Å². The van der Waals surface area contributed by atoms with Crippen LogP contribution in [0.1, 0.15) is 31.1 Å². The van der Waals surface area contributed by atoms with Gasteiger partial charge in [0, 0.05) is 41.9 Å². The molecule has 2 aromatic heterocycles. The summed E-state index contributed by atoms with van der Waals surface area (Å²) in [5, 5.41) is 6.24. The quantitative estimate of drug-likeness (QED) is 0.310. The molecule has 0 unspecified atom stereocenters. The van der Waals surface area contributed by atoms with Gasteiger partial charge in [-0.2, -0.15) is 4.98 Å². The van der Waals surface area contributed by atoms with Crippen molar-refractivity contribution in [1.82, 2.24) is 15.0 Å². The molecule has 3 aromatic rings. The van der Waals surface area contributed by atoms with Gasteiger partial charge in [-0.05, 0) is 45.0 Å². The first-order chi connectivity index (χ1) is 15.9. The second kappa shape index (κ2) is 11.5. The normalized spacial score (nSPS) is 10.8. The Balaban J connectivity index is 1.90. The Morgan fingerprint density at radius 1 is 1.21 bits per heavy atom. The molecule has 0 aliphatic heterocycles. The van der Waals surface area contributed by atoms with Crippen LogP contribution in [-0.2, 0) is 9.47 Å². The fraction of sp³-hybridized carbons (Fsp3) is 0.304. The molecule has 0 saturated carbocycles. The van der Waals surface area contributed by atoms with E-state index in [4.69, 9.17) is 21.1 Å². The van der Waals surface area contributed by atoms with Crippen LogP contribution in [0.2, 0.25) is 5.02 Å². The van der Waals surface area contributed by atoms with E-state index in [9.17, 15) is 9.18 Å². The van der Waals surface area contributed by atoms with E-state index in [0.29, 0.717) is 41.3 Å². The number of hydrogen-bond acceptors (Lipinski definition) is 8. The number of nitrogens with zero attached hydrogens (tertiary/aromatic N) is 3. The molecule has 0 aliphatic rings. The lowest BCUT2D eigenvalue weighted by Crippen LogP contribution is -2.15. The summed E-state index contributed by atoms with van der Waals surface area (Å²) in [5.74, 6) is -0.182.